The summed E-state index contributed by atoms with van der Waals surface area (Å²) >= 11 is 6.19. The molecule has 1 aliphatic rings. The third-order valence-corrected chi connectivity index (χ3v) is 4.70. The number of rotatable bonds is 5. The van der Waals surface area contributed by atoms with E-state index < -0.39 is 0 Å². The van der Waals surface area contributed by atoms with E-state index in [1.165, 1.54) is 0 Å². The molecule has 7 nitrogen and oxygen atoms in total. The van der Waals surface area contributed by atoms with E-state index in [0.717, 1.165) is 5.69 Å². The number of amides is 2. The van der Waals surface area contributed by atoms with Crippen molar-refractivity contribution in [2.45, 2.75) is 19.9 Å². The Hall–Kier alpha value is -2.38. The van der Waals surface area contributed by atoms with E-state index >= 15 is 0 Å². The molecule has 0 saturated carbocycles. The summed E-state index contributed by atoms with van der Waals surface area (Å²) in [5.41, 5.74) is 1.13. The number of hydrogen-bond acceptors (Lipinski definition) is 4. The van der Waals surface area contributed by atoms with Gasteiger partial charge in [0.1, 0.15) is 0 Å². The van der Waals surface area contributed by atoms with Crippen LogP contribution in [0.2, 0.25) is 5.02 Å². The minimum atomic E-state index is -0.105. The highest BCUT2D eigenvalue weighted by atomic mass is 35.5. The Kier molecular flexibility index (Phi) is 6.13. The van der Waals surface area contributed by atoms with Crippen LogP contribution in [0.15, 0.2) is 36.5 Å². The second-order valence-electron chi connectivity index (χ2n) is 6.89. The topological polar surface area (TPSA) is 70.5 Å². The molecule has 2 heterocycles. The van der Waals surface area contributed by atoms with Gasteiger partial charge in [-0.15, -0.1) is 0 Å². The van der Waals surface area contributed by atoms with E-state index in [1.54, 1.807) is 27.9 Å². The molecular weight excluding hydrogens is 366 g/mol. The minimum absolute atomic E-state index is 0.0169. The van der Waals surface area contributed by atoms with Crippen LogP contribution in [0.3, 0.4) is 0 Å². The van der Waals surface area contributed by atoms with Crippen molar-refractivity contribution >= 4 is 23.4 Å². The molecule has 8 heteroatoms. The predicted molar refractivity (Wildman–Crippen MR) is 104 cm³/mol. The molecule has 0 radical (unpaired) electrons. The van der Waals surface area contributed by atoms with Crippen molar-refractivity contribution < 1.29 is 9.59 Å². The molecule has 2 aromatic rings. The first-order valence-electron chi connectivity index (χ1n) is 9.05. The number of aromatic nitrogens is 2. The lowest BCUT2D eigenvalue weighted by Crippen LogP contribution is -2.51. The number of para-hydroxylation sites is 1. The summed E-state index contributed by atoms with van der Waals surface area (Å²) in [6, 6.07) is 9.20. The van der Waals surface area contributed by atoms with Gasteiger partial charge in [-0.05, 0) is 32.0 Å². The second-order valence-corrected chi connectivity index (χ2v) is 7.29. The first-order valence-corrected chi connectivity index (χ1v) is 9.43. The molecule has 1 aliphatic heterocycles. The minimum Gasteiger partial charge on any atom is -0.353 e. The zero-order valence-corrected chi connectivity index (χ0v) is 16.3. The van der Waals surface area contributed by atoms with Crippen molar-refractivity contribution in [3.8, 4) is 5.69 Å². The summed E-state index contributed by atoms with van der Waals surface area (Å²) in [6.07, 6.45) is 1.74. The van der Waals surface area contributed by atoms with Crippen molar-refractivity contribution in [3.63, 3.8) is 0 Å². The van der Waals surface area contributed by atoms with Crippen LogP contribution < -0.4 is 5.32 Å². The van der Waals surface area contributed by atoms with E-state index in [2.05, 4.69) is 15.3 Å². The van der Waals surface area contributed by atoms with E-state index in [4.69, 9.17) is 11.6 Å². The molecule has 0 unspecified atom stereocenters. The highest BCUT2D eigenvalue weighted by Gasteiger charge is 2.25. The summed E-state index contributed by atoms with van der Waals surface area (Å²) in [6.45, 7) is 6.73. The van der Waals surface area contributed by atoms with Crippen LogP contribution in [0.5, 0.6) is 0 Å². The lowest BCUT2D eigenvalue weighted by molar-refractivity contribution is -0.123. The van der Waals surface area contributed by atoms with Gasteiger partial charge in [0.2, 0.25) is 5.91 Å². The van der Waals surface area contributed by atoms with Crippen molar-refractivity contribution in [1.29, 1.82) is 0 Å². The SMILES string of the molecule is CC(C)NC(=O)CN1CCN(C(=O)c2ccn(-c3ccccc3Cl)n2)CC1. The molecule has 0 aliphatic carbocycles. The zero-order chi connectivity index (χ0) is 19.4. The van der Waals surface area contributed by atoms with Crippen LogP contribution in [-0.2, 0) is 4.79 Å². The number of nitrogens with one attached hydrogen (secondary N) is 1. The average molecular weight is 390 g/mol. The van der Waals surface area contributed by atoms with Gasteiger partial charge in [0.15, 0.2) is 5.69 Å². The Bertz CT molecular complexity index is 812. The predicted octanol–water partition coefficient (Wildman–Crippen LogP) is 1.81. The summed E-state index contributed by atoms with van der Waals surface area (Å²) in [5, 5.41) is 7.84. The van der Waals surface area contributed by atoms with E-state index in [1.807, 2.05) is 32.0 Å². The van der Waals surface area contributed by atoms with Crippen molar-refractivity contribution in [2.75, 3.05) is 32.7 Å². The van der Waals surface area contributed by atoms with Crippen molar-refractivity contribution in [2.24, 2.45) is 0 Å². The molecule has 0 bridgehead atoms. The number of benzene rings is 1. The van der Waals surface area contributed by atoms with Gasteiger partial charge in [-0.25, -0.2) is 4.68 Å². The second kappa shape index (κ2) is 8.54. The normalized spacial score (nSPS) is 15.2. The summed E-state index contributed by atoms with van der Waals surface area (Å²) in [4.78, 5) is 28.4. The molecule has 0 atom stereocenters. The first-order chi connectivity index (χ1) is 12.9. The maximum atomic E-state index is 12.7. The van der Waals surface area contributed by atoms with Crippen LogP contribution in [0.25, 0.3) is 5.69 Å². The third kappa shape index (κ3) is 4.87. The van der Waals surface area contributed by atoms with Crippen LogP contribution in [-0.4, -0.2) is 70.2 Å². The lowest BCUT2D eigenvalue weighted by Gasteiger charge is -2.34. The summed E-state index contributed by atoms with van der Waals surface area (Å²) in [7, 11) is 0. The van der Waals surface area contributed by atoms with Crippen LogP contribution in [0, 0.1) is 0 Å². The van der Waals surface area contributed by atoms with Crippen LogP contribution in [0.4, 0.5) is 0 Å². The fourth-order valence-corrected chi connectivity index (χ4v) is 3.27. The van der Waals surface area contributed by atoms with Crippen LogP contribution >= 0.6 is 11.6 Å². The quantitative estimate of drug-likeness (QED) is 0.846. The maximum Gasteiger partial charge on any atom is 0.274 e. The lowest BCUT2D eigenvalue weighted by atomic mass is 10.2. The van der Waals surface area contributed by atoms with E-state index in [9.17, 15) is 9.59 Å². The zero-order valence-electron chi connectivity index (χ0n) is 15.6. The smallest absolute Gasteiger partial charge is 0.274 e. The van der Waals surface area contributed by atoms with Gasteiger partial charge in [-0.2, -0.15) is 5.10 Å². The molecule has 1 aromatic carbocycles. The van der Waals surface area contributed by atoms with E-state index in [0.29, 0.717) is 43.4 Å². The molecule has 1 saturated heterocycles. The fourth-order valence-electron chi connectivity index (χ4n) is 3.05. The standard InChI is InChI=1S/C19H24ClN5O2/c1-14(2)21-18(26)13-23-9-11-24(12-10-23)19(27)16-7-8-25(22-16)17-6-4-3-5-15(17)20/h3-8,14H,9-13H2,1-2H3,(H,21,26). The molecule has 2 amide bonds. The Morgan fingerprint density at radius 2 is 1.85 bits per heavy atom. The molecule has 1 fully saturated rings. The molecule has 27 heavy (non-hydrogen) atoms. The summed E-state index contributed by atoms with van der Waals surface area (Å²) in [5.74, 6) is -0.0876. The van der Waals surface area contributed by atoms with Crippen LogP contribution in [0.1, 0.15) is 24.3 Å². The van der Waals surface area contributed by atoms with Crippen molar-refractivity contribution in [1.82, 2.24) is 24.9 Å². The van der Waals surface area contributed by atoms with Gasteiger partial charge < -0.3 is 10.2 Å². The highest BCUT2D eigenvalue weighted by Crippen LogP contribution is 2.19. The number of carbonyl (C=O) groups is 2. The van der Waals surface area contributed by atoms with Crippen molar-refractivity contribution in [3.05, 3.63) is 47.2 Å². The monoisotopic (exact) mass is 389 g/mol. The third-order valence-electron chi connectivity index (χ3n) is 4.38. The highest BCUT2D eigenvalue weighted by molar-refractivity contribution is 6.32. The molecule has 1 aromatic heterocycles. The number of hydrogen-bond donors (Lipinski definition) is 1. The van der Waals surface area contributed by atoms with Gasteiger partial charge in [0.25, 0.3) is 5.91 Å². The van der Waals surface area contributed by atoms with E-state index in [-0.39, 0.29) is 17.9 Å². The van der Waals surface area contributed by atoms with Gasteiger partial charge in [-0.1, -0.05) is 23.7 Å². The number of halogens is 1. The molecule has 0 spiro atoms. The van der Waals surface area contributed by atoms with Gasteiger partial charge in [0.05, 0.1) is 17.3 Å². The Morgan fingerprint density at radius 3 is 2.52 bits per heavy atom. The number of piperazine rings is 1. The summed E-state index contributed by atoms with van der Waals surface area (Å²) < 4.78 is 1.61. The average Bonchev–Trinajstić information content (AvgIpc) is 3.11. The number of nitrogens with zero attached hydrogens (tertiary/aromatic N) is 4. The molecule has 144 valence electrons. The molecule has 3 rings (SSSR count). The fraction of sp³-hybridized carbons (Fsp3) is 0.421. The largest absolute Gasteiger partial charge is 0.353 e. The maximum absolute atomic E-state index is 12.7. The van der Waals surface area contributed by atoms with Gasteiger partial charge >= 0.3 is 0 Å². The molecule has 1 N–H and O–H groups in total. The first kappa shape index (κ1) is 19.4. The number of carbonyl (C=O) groups excluding carboxylic acids is 2. The Morgan fingerprint density at radius 1 is 1.15 bits per heavy atom. The van der Waals surface area contributed by atoms with Gasteiger partial charge in [-0.3, -0.25) is 14.5 Å². The Balaban J connectivity index is 1.57. The Labute approximate surface area is 163 Å². The molecular formula is C19H24ClN5O2. The van der Waals surface area contributed by atoms with Gasteiger partial charge in [0, 0.05) is 38.4 Å².